The van der Waals surface area contributed by atoms with Crippen molar-refractivity contribution >= 4 is 140 Å². The third-order valence-electron chi connectivity index (χ3n) is 22.3. The lowest BCUT2D eigenvalue weighted by Crippen LogP contribution is -2.12. The van der Waals surface area contributed by atoms with Crippen molar-refractivity contribution in [2.45, 2.75) is 0 Å². The Morgan fingerprint density at radius 3 is 0.909 bits per heavy atom. The van der Waals surface area contributed by atoms with Crippen LogP contribution >= 0.6 is 22.7 Å². The van der Waals surface area contributed by atoms with Gasteiger partial charge in [0.1, 0.15) is 0 Å². The molecule has 0 N–H and O–H groups in total. The average molecular weight is 1430 g/mol. The molecule has 0 radical (unpaired) electrons. The van der Waals surface area contributed by atoms with E-state index < -0.39 is 0 Å². The van der Waals surface area contributed by atoms with Crippen LogP contribution in [0.3, 0.4) is 0 Å². The van der Waals surface area contributed by atoms with Crippen molar-refractivity contribution in [3.8, 4) is 89.0 Å². The molecule has 0 amide bonds. The fourth-order valence-electron chi connectivity index (χ4n) is 17.2. The molecule has 21 rings (SSSR count). The fraction of sp³-hybridized carbons (Fsp3) is 0. The first kappa shape index (κ1) is 64.6. The minimum absolute atomic E-state index is 1.06. The number of rotatable bonds is 14. The molecule has 0 saturated carbocycles. The van der Waals surface area contributed by atoms with Gasteiger partial charge in [0.15, 0.2) is 0 Å². The summed E-state index contributed by atoms with van der Waals surface area (Å²) in [5, 5.41) is 14.9. The van der Waals surface area contributed by atoms with E-state index in [0.717, 1.165) is 67.5 Å². The van der Waals surface area contributed by atoms with Gasteiger partial charge in [-0.15, -0.1) is 22.7 Å². The molecule has 0 atom stereocenters. The minimum atomic E-state index is 1.06. The van der Waals surface area contributed by atoms with E-state index in [2.05, 4.69) is 422 Å². The number of benzene rings is 19. The lowest BCUT2D eigenvalue weighted by atomic mass is 9.88. The molecular weight excluding hydrogens is 1370 g/mol. The molecule has 21 aromatic rings. The first-order valence-electron chi connectivity index (χ1n) is 37.7. The van der Waals surface area contributed by atoms with Crippen molar-refractivity contribution in [1.29, 1.82) is 0 Å². The number of hydrogen-bond acceptors (Lipinski definition) is 4. The largest absolute Gasteiger partial charge is 0.310 e. The van der Waals surface area contributed by atoms with E-state index in [9.17, 15) is 0 Å². The maximum Gasteiger partial charge on any atom is 0.0540 e. The highest BCUT2D eigenvalue weighted by molar-refractivity contribution is 7.26. The Morgan fingerprint density at radius 2 is 0.418 bits per heavy atom. The minimum Gasteiger partial charge on any atom is -0.310 e. The van der Waals surface area contributed by atoms with Crippen molar-refractivity contribution in [2.75, 3.05) is 9.80 Å². The van der Waals surface area contributed by atoms with Gasteiger partial charge in [-0.1, -0.05) is 322 Å². The van der Waals surface area contributed by atoms with Gasteiger partial charge in [0, 0.05) is 74.1 Å². The molecule has 0 spiro atoms. The molecule has 514 valence electrons. The lowest BCUT2D eigenvalue weighted by Gasteiger charge is -2.30. The third-order valence-corrected chi connectivity index (χ3v) is 24.6. The summed E-state index contributed by atoms with van der Waals surface area (Å²) in [5.41, 5.74) is 25.3. The Morgan fingerprint density at radius 1 is 0.145 bits per heavy atom. The number of thiophene rings is 2. The molecule has 19 aromatic carbocycles. The Kier molecular flexibility index (Phi) is 16.0. The van der Waals surface area contributed by atoms with Crippen LogP contribution < -0.4 is 9.80 Å². The number of fused-ring (bicyclic) bond motifs is 10. The van der Waals surface area contributed by atoms with Crippen LogP contribution in [0.2, 0.25) is 0 Å². The molecule has 0 bridgehead atoms. The van der Waals surface area contributed by atoms with E-state index in [0.29, 0.717) is 0 Å². The van der Waals surface area contributed by atoms with Crippen LogP contribution in [-0.4, -0.2) is 0 Å². The Hall–Kier alpha value is -13.7. The highest BCUT2D eigenvalue weighted by atomic mass is 32.1. The monoisotopic (exact) mass is 1430 g/mol. The summed E-state index contributed by atoms with van der Waals surface area (Å²) >= 11 is 3.71. The molecule has 110 heavy (non-hydrogen) atoms. The Bertz CT molecular complexity index is 7150. The first-order valence-corrected chi connectivity index (χ1v) is 39.3. The van der Waals surface area contributed by atoms with E-state index in [4.69, 9.17) is 0 Å². The summed E-state index contributed by atoms with van der Waals surface area (Å²) in [5.74, 6) is 0. The SMILES string of the molecule is c1ccc(-c2cccc3ccccc23)c(-c2ccc(N(c3ccc(-c4cccc5c(-c6cccc7c(-c8ccccc8N(c8ccc(-c9cccc%10ccccc9%10)cc8)c8ccccc8-c8ccc9sc%10ccccc%10c9c8)cccc67)cccc45)cc3)c3ccccc3-c3ccc4sc5ccccc5c4c3)cc2)c1. The van der Waals surface area contributed by atoms with Crippen molar-refractivity contribution in [3.05, 3.63) is 413 Å². The number of nitrogens with zero attached hydrogens (tertiary/aromatic N) is 2. The summed E-state index contributed by atoms with van der Waals surface area (Å²) in [6, 6.07) is 153. The van der Waals surface area contributed by atoms with Gasteiger partial charge >= 0.3 is 0 Å². The van der Waals surface area contributed by atoms with Gasteiger partial charge in [0.25, 0.3) is 0 Å². The van der Waals surface area contributed by atoms with Crippen molar-refractivity contribution in [2.24, 2.45) is 0 Å². The quantitative estimate of drug-likeness (QED) is 0.107. The molecular formula is C106H68N2S2. The van der Waals surface area contributed by atoms with Gasteiger partial charge in [-0.3, -0.25) is 0 Å². The number of hydrogen-bond donors (Lipinski definition) is 0. The zero-order valence-corrected chi connectivity index (χ0v) is 61.6. The zero-order valence-electron chi connectivity index (χ0n) is 60.0. The Balaban J connectivity index is 0.662. The molecule has 0 aliphatic heterocycles. The average Bonchev–Trinajstić information content (AvgIpc) is 0.869. The molecule has 2 aromatic heterocycles. The summed E-state index contributed by atoms with van der Waals surface area (Å²) in [6.45, 7) is 0. The molecule has 0 aliphatic rings. The van der Waals surface area contributed by atoms with E-state index in [1.54, 1.807) is 0 Å². The maximum atomic E-state index is 2.49. The van der Waals surface area contributed by atoms with Gasteiger partial charge < -0.3 is 9.80 Å². The second kappa shape index (κ2) is 27.2. The highest BCUT2D eigenvalue weighted by Gasteiger charge is 2.25. The van der Waals surface area contributed by atoms with Crippen LogP contribution in [0.15, 0.2) is 413 Å². The van der Waals surface area contributed by atoms with Gasteiger partial charge in [0.05, 0.1) is 17.1 Å². The van der Waals surface area contributed by atoms with Crippen molar-refractivity contribution < 1.29 is 0 Å². The molecule has 2 heterocycles. The van der Waals surface area contributed by atoms with Crippen molar-refractivity contribution in [3.63, 3.8) is 0 Å². The van der Waals surface area contributed by atoms with Crippen LogP contribution in [0.25, 0.3) is 172 Å². The highest BCUT2D eigenvalue weighted by Crippen LogP contribution is 2.51. The molecule has 0 unspecified atom stereocenters. The lowest BCUT2D eigenvalue weighted by molar-refractivity contribution is 1.28. The van der Waals surface area contributed by atoms with Gasteiger partial charge in [-0.25, -0.2) is 0 Å². The van der Waals surface area contributed by atoms with E-state index in [1.807, 2.05) is 22.7 Å². The second-order valence-electron chi connectivity index (χ2n) is 28.5. The normalized spacial score (nSPS) is 11.6. The van der Waals surface area contributed by atoms with Crippen LogP contribution in [0, 0.1) is 0 Å². The summed E-state index contributed by atoms with van der Waals surface area (Å²) in [6.07, 6.45) is 0. The zero-order chi connectivity index (χ0) is 72.6. The van der Waals surface area contributed by atoms with Crippen LogP contribution in [0.5, 0.6) is 0 Å². The van der Waals surface area contributed by atoms with Crippen LogP contribution in [0.4, 0.5) is 34.1 Å². The van der Waals surface area contributed by atoms with E-state index in [-0.39, 0.29) is 0 Å². The number of para-hydroxylation sites is 3. The summed E-state index contributed by atoms with van der Waals surface area (Å²) in [4.78, 5) is 4.93. The predicted molar refractivity (Wildman–Crippen MR) is 475 cm³/mol. The van der Waals surface area contributed by atoms with E-state index >= 15 is 0 Å². The van der Waals surface area contributed by atoms with Crippen LogP contribution in [0.1, 0.15) is 0 Å². The fourth-order valence-corrected chi connectivity index (χ4v) is 19.4. The molecule has 0 saturated heterocycles. The molecule has 4 heteroatoms. The topological polar surface area (TPSA) is 6.48 Å². The van der Waals surface area contributed by atoms with E-state index in [1.165, 1.54) is 139 Å². The van der Waals surface area contributed by atoms with Crippen LogP contribution in [-0.2, 0) is 0 Å². The van der Waals surface area contributed by atoms with Gasteiger partial charge in [0.2, 0.25) is 0 Å². The second-order valence-corrected chi connectivity index (χ2v) is 30.7. The van der Waals surface area contributed by atoms with Gasteiger partial charge in [-0.2, -0.15) is 0 Å². The molecule has 0 aliphatic carbocycles. The molecule has 2 nitrogen and oxygen atoms in total. The third kappa shape index (κ3) is 11.2. The van der Waals surface area contributed by atoms with Crippen molar-refractivity contribution in [1.82, 2.24) is 0 Å². The first-order chi connectivity index (χ1) is 54.6. The Labute approximate surface area is 646 Å². The maximum absolute atomic E-state index is 2.49. The smallest absolute Gasteiger partial charge is 0.0540 e. The standard InChI is InChI=1S/C106H68N2S2/c1-3-27-79-69(23-1)25-17-36-80(79)71-55-63-78(64-56-71)108(101-47-13-8-31-85(101)75-58-66-106-99(68-75)97-35-11-16-50-104(97)110-106)102-48-14-9-33-95(102)94-45-22-43-92-91(42-21-44-93(92)94)90-41-20-39-88-83(37-19-40-89(88)90)73-53-61-77(62-54-73)107(100-46-12-7-30-84(100)74-57-65-105-98(67-74)96-34-10-15-49-103(96)109-105)76-59-51-72(52-60-76)82-29-5-6-32-86(82)87-38-18-26-70-24-2-4-28-81(70)87/h1-68H. The molecule has 0 fully saturated rings. The predicted octanol–water partition coefficient (Wildman–Crippen LogP) is 31.3. The summed E-state index contributed by atoms with van der Waals surface area (Å²) in [7, 11) is 0. The number of anilines is 6. The summed E-state index contributed by atoms with van der Waals surface area (Å²) < 4.78 is 5.18. The van der Waals surface area contributed by atoms with Gasteiger partial charge in [-0.05, 0) is 206 Å².